The highest BCUT2D eigenvalue weighted by molar-refractivity contribution is 9.10. The molecule has 3 heteroatoms. The van der Waals surface area contributed by atoms with Crippen LogP contribution in [0.25, 0.3) is 0 Å². The minimum absolute atomic E-state index is 0.239. The summed E-state index contributed by atoms with van der Waals surface area (Å²) in [5, 5.41) is 12.4. The van der Waals surface area contributed by atoms with Crippen molar-refractivity contribution in [1.82, 2.24) is 5.32 Å². The van der Waals surface area contributed by atoms with Crippen molar-refractivity contribution in [2.45, 2.75) is 38.8 Å². The van der Waals surface area contributed by atoms with Gasteiger partial charge in [-0.15, -0.1) is 0 Å². The summed E-state index contributed by atoms with van der Waals surface area (Å²) in [4.78, 5) is 0. The lowest BCUT2D eigenvalue weighted by Crippen LogP contribution is -2.31. The van der Waals surface area contributed by atoms with Crippen LogP contribution in [-0.4, -0.2) is 17.8 Å². The van der Waals surface area contributed by atoms with Gasteiger partial charge in [0, 0.05) is 23.2 Å². The minimum Gasteiger partial charge on any atom is -0.396 e. The second kappa shape index (κ2) is 7.05. The van der Waals surface area contributed by atoms with E-state index < -0.39 is 0 Å². The molecule has 0 aromatic heterocycles. The lowest BCUT2D eigenvalue weighted by Gasteiger charge is -2.22. The predicted molar refractivity (Wildman–Crippen MR) is 71.5 cm³/mol. The van der Waals surface area contributed by atoms with Gasteiger partial charge in [-0.1, -0.05) is 35.0 Å². The molecule has 0 bridgehead atoms. The van der Waals surface area contributed by atoms with Crippen LogP contribution in [-0.2, 0) is 0 Å². The monoisotopic (exact) mass is 285 g/mol. The largest absolute Gasteiger partial charge is 0.396 e. The molecule has 0 fully saturated rings. The zero-order valence-electron chi connectivity index (χ0n) is 9.91. The van der Waals surface area contributed by atoms with Crippen molar-refractivity contribution in [3.05, 3.63) is 34.3 Å². The number of hydrogen-bond donors (Lipinski definition) is 2. The summed E-state index contributed by atoms with van der Waals surface area (Å²) in [6.45, 7) is 4.52. The van der Waals surface area contributed by atoms with Gasteiger partial charge in [-0.2, -0.15) is 0 Å². The SMILES string of the molecule is CCC(NC(C)CCO)c1cccc(Br)c1. The van der Waals surface area contributed by atoms with Crippen molar-refractivity contribution < 1.29 is 5.11 Å². The zero-order chi connectivity index (χ0) is 12.0. The van der Waals surface area contributed by atoms with E-state index in [1.807, 2.05) is 6.07 Å². The smallest absolute Gasteiger partial charge is 0.0445 e. The summed E-state index contributed by atoms with van der Waals surface area (Å²) in [5.41, 5.74) is 1.29. The third-order valence-corrected chi connectivity index (χ3v) is 3.20. The fourth-order valence-electron chi connectivity index (χ4n) is 1.79. The second-order valence-corrected chi connectivity index (χ2v) is 5.01. The number of aliphatic hydroxyl groups is 1. The molecule has 1 aromatic rings. The van der Waals surface area contributed by atoms with Gasteiger partial charge >= 0.3 is 0 Å². The Balaban J connectivity index is 2.67. The average Bonchev–Trinajstić information content (AvgIpc) is 2.26. The normalized spacial score (nSPS) is 14.8. The Morgan fingerprint density at radius 1 is 1.44 bits per heavy atom. The fraction of sp³-hybridized carbons (Fsp3) is 0.538. The molecule has 0 amide bonds. The second-order valence-electron chi connectivity index (χ2n) is 4.10. The molecular weight excluding hydrogens is 266 g/mol. The van der Waals surface area contributed by atoms with Crippen LogP contribution in [0.4, 0.5) is 0 Å². The van der Waals surface area contributed by atoms with Crippen molar-refractivity contribution in [1.29, 1.82) is 0 Å². The molecule has 0 aliphatic rings. The Hall–Kier alpha value is -0.380. The summed E-state index contributed by atoms with van der Waals surface area (Å²) in [7, 11) is 0. The third-order valence-electron chi connectivity index (χ3n) is 2.71. The van der Waals surface area contributed by atoms with E-state index in [0.717, 1.165) is 17.3 Å². The van der Waals surface area contributed by atoms with Crippen molar-refractivity contribution in [2.75, 3.05) is 6.61 Å². The molecule has 2 N–H and O–H groups in total. The maximum absolute atomic E-state index is 8.89. The number of halogens is 1. The van der Waals surface area contributed by atoms with Crippen LogP contribution in [0.5, 0.6) is 0 Å². The van der Waals surface area contributed by atoms with E-state index in [9.17, 15) is 0 Å². The summed E-state index contributed by atoms with van der Waals surface area (Å²) in [6, 6.07) is 9.08. The highest BCUT2D eigenvalue weighted by Crippen LogP contribution is 2.21. The van der Waals surface area contributed by atoms with Crippen LogP contribution in [0.2, 0.25) is 0 Å². The van der Waals surface area contributed by atoms with Gasteiger partial charge in [-0.3, -0.25) is 0 Å². The molecule has 0 radical (unpaired) electrons. The molecule has 1 aromatic carbocycles. The minimum atomic E-state index is 0.239. The number of nitrogens with one attached hydrogen (secondary N) is 1. The van der Waals surface area contributed by atoms with Crippen molar-refractivity contribution in [2.24, 2.45) is 0 Å². The number of hydrogen-bond acceptors (Lipinski definition) is 2. The van der Waals surface area contributed by atoms with Crippen LogP contribution in [0, 0.1) is 0 Å². The molecule has 0 heterocycles. The maximum Gasteiger partial charge on any atom is 0.0445 e. The van der Waals surface area contributed by atoms with E-state index in [2.05, 4.69) is 53.3 Å². The first-order valence-electron chi connectivity index (χ1n) is 5.79. The average molecular weight is 286 g/mol. The first-order valence-corrected chi connectivity index (χ1v) is 6.59. The highest BCUT2D eigenvalue weighted by atomic mass is 79.9. The molecule has 1 rings (SSSR count). The first kappa shape index (κ1) is 13.7. The lowest BCUT2D eigenvalue weighted by atomic mass is 10.0. The molecule has 2 atom stereocenters. The molecule has 2 nitrogen and oxygen atoms in total. The van der Waals surface area contributed by atoms with Crippen LogP contribution < -0.4 is 5.32 Å². The van der Waals surface area contributed by atoms with Crippen LogP contribution >= 0.6 is 15.9 Å². The molecule has 0 aliphatic heterocycles. The van der Waals surface area contributed by atoms with Gasteiger partial charge in [-0.05, 0) is 37.5 Å². The van der Waals surface area contributed by atoms with Crippen molar-refractivity contribution in [3.63, 3.8) is 0 Å². The lowest BCUT2D eigenvalue weighted by molar-refractivity contribution is 0.262. The standard InChI is InChI=1S/C13H20BrNO/c1-3-13(15-10(2)7-8-16)11-5-4-6-12(14)9-11/h4-6,9-10,13,15-16H,3,7-8H2,1-2H3. The number of benzene rings is 1. The van der Waals surface area contributed by atoms with Gasteiger partial charge in [0.2, 0.25) is 0 Å². The summed E-state index contributed by atoms with van der Waals surface area (Å²) in [6.07, 6.45) is 1.84. The van der Waals surface area contributed by atoms with E-state index in [-0.39, 0.29) is 6.61 Å². The Morgan fingerprint density at radius 3 is 2.75 bits per heavy atom. The highest BCUT2D eigenvalue weighted by Gasteiger charge is 2.12. The van der Waals surface area contributed by atoms with Gasteiger partial charge in [0.25, 0.3) is 0 Å². The summed E-state index contributed by atoms with van der Waals surface area (Å²) in [5.74, 6) is 0. The van der Waals surface area contributed by atoms with E-state index >= 15 is 0 Å². The molecule has 0 aliphatic carbocycles. The summed E-state index contributed by atoms with van der Waals surface area (Å²) >= 11 is 3.49. The van der Waals surface area contributed by atoms with Crippen LogP contribution in [0.15, 0.2) is 28.7 Å². The van der Waals surface area contributed by atoms with Gasteiger partial charge in [-0.25, -0.2) is 0 Å². The molecule has 0 saturated carbocycles. The van der Waals surface area contributed by atoms with Gasteiger partial charge in [0.05, 0.1) is 0 Å². The zero-order valence-corrected chi connectivity index (χ0v) is 11.5. The Labute approximate surface area is 106 Å². The van der Waals surface area contributed by atoms with E-state index in [1.165, 1.54) is 5.56 Å². The van der Waals surface area contributed by atoms with Crippen LogP contribution in [0.3, 0.4) is 0 Å². The quantitative estimate of drug-likeness (QED) is 0.841. The molecule has 16 heavy (non-hydrogen) atoms. The van der Waals surface area contributed by atoms with Gasteiger partial charge in [0.15, 0.2) is 0 Å². The van der Waals surface area contributed by atoms with Gasteiger partial charge < -0.3 is 10.4 Å². The third kappa shape index (κ3) is 4.24. The van der Waals surface area contributed by atoms with E-state index in [1.54, 1.807) is 0 Å². The fourth-order valence-corrected chi connectivity index (χ4v) is 2.21. The van der Waals surface area contributed by atoms with Crippen molar-refractivity contribution >= 4 is 15.9 Å². The molecular formula is C13H20BrNO. The molecule has 0 spiro atoms. The van der Waals surface area contributed by atoms with E-state index in [0.29, 0.717) is 12.1 Å². The Morgan fingerprint density at radius 2 is 2.19 bits per heavy atom. The molecule has 0 saturated heterocycles. The Kier molecular flexibility index (Phi) is 6.03. The molecule has 90 valence electrons. The maximum atomic E-state index is 8.89. The number of rotatable bonds is 6. The Bertz CT molecular complexity index is 317. The summed E-state index contributed by atoms with van der Waals surface area (Å²) < 4.78 is 1.11. The van der Waals surface area contributed by atoms with Crippen molar-refractivity contribution in [3.8, 4) is 0 Å². The van der Waals surface area contributed by atoms with Gasteiger partial charge in [0.1, 0.15) is 0 Å². The first-order chi connectivity index (χ1) is 7.67. The topological polar surface area (TPSA) is 32.3 Å². The number of aliphatic hydroxyl groups excluding tert-OH is 1. The van der Waals surface area contributed by atoms with E-state index in [4.69, 9.17) is 5.11 Å². The van der Waals surface area contributed by atoms with Crippen LogP contribution in [0.1, 0.15) is 38.3 Å². The molecule has 2 unspecified atom stereocenters. The predicted octanol–water partition coefficient (Wildman–Crippen LogP) is 3.26.